The number of carboxylic acid groups (broad SMARTS) is 1. The average molecular weight is 251 g/mol. The lowest BCUT2D eigenvalue weighted by molar-refractivity contribution is -0.129. The molecule has 18 heavy (non-hydrogen) atoms. The highest BCUT2D eigenvalue weighted by Crippen LogP contribution is 2.06. The lowest BCUT2D eigenvalue weighted by atomic mass is 10.1. The Morgan fingerprint density at radius 1 is 1.44 bits per heavy atom. The van der Waals surface area contributed by atoms with Crippen molar-refractivity contribution in [1.82, 2.24) is 10.4 Å². The monoisotopic (exact) mass is 251 g/mol. The normalized spacial score (nSPS) is 15.3. The van der Waals surface area contributed by atoms with E-state index in [4.69, 9.17) is 5.11 Å². The number of benzene rings is 1. The van der Waals surface area contributed by atoms with Gasteiger partial charge in [0.2, 0.25) is 5.84 Å². The summed E-state index contributed by atoms with van der Waals surface area (Å²) in [5.74, 6) is -1.30. The molecule has 0 fully saturated rings. The van der Waals surface area contributed by atoms with Crippen molar-refractivity contribution in [2.45, 2.75) is 12.8 Å². The van der Waals surface area contributed by atoms with Crippen LogP contribution in [0.25, 0.3) is 0 Å². The van der Waals surface area contributed by atoms with Gasteiger partial charge >= 0.3 is 5.97 Å². The maximum Gasteiger partial charge on any atom is 0.372 e. The summed E-state index contributed by atoms with van der Waals surface area (Å²) < 4.78 is 12.7. The first-order valence-electron chi connectivity index (χ1n) is 5.69. The maximum absolute atomic E-state index is 12.7. The summed E-state index contributed by atoms with van der Waals surface area (Å²) in [5.41, 5.74) is 3.77. The van der Waals surface area contributed by atoms with Crippen LogP contribution in [0.4, 0.5) is 4.39 Å². The highest BCUT2D eigenvalue weighted by atomic mass is 19.1. The van der Waals surface area contributed by atoms with Crippen molar-refractivity contribution in [2.75, 3.05) is 13.2 Å². The number of rotatable bonds is 5. The Hall–Kier alpha value is -1.95. The van der Waals surface area contributed by atoms with Crippen LogP contribution in [0, 0.1) is 5.82 Å². The number of amidine groups is 1. The fourth-order valence-electron chi connectivity index (χ4n) is 1.74. The van der Waals surface area contributed by atoms with Gasteiger partial charge in [0.05, 0.1) is 0 Å². The number of carbonyl (C=O) groups is 1. The molecule has 2 N–H and O–H groups in total. The van der Waals surface area contributed by atoms with Crippen molar-refractivity contribution in [3.8, 4) is 0 Å². The molecule has 6 heteroatoms. The Morgan fingerprint density at radius 2 is 2.17 bits per heavy atom. The molecular weight excluding hydrogens is 237 g/mol. The van der Waals surface area contributed by atoms with Crippen LogP contribution in [0.2, 0.25) is 0 Å². The zero-order valence-electron chi connectivity index (χ0n) is 9.77. The predicted molar refractivity (Wildman–Crippen MR) is 64.5 cm³/mol. The maximum atomic E-state index is 12.7. The molecule has 1 aliphatic rings. The molecule has 0 aromatic heterocycles. The van der Waals surface area contributed by atoms with Crippen molar-refractivity contribution >= 4 is 11.8 Å². The number of hydrogen-bond acceptors (Lipinski definition) is 4. The highest BCUT2D eigenvalue weighted by molar-refractivity contribution is 6.34. The quantitative estimate of drug-likeness (QED) is 0.820. The van der Waals surface area contributed by atoms with Gasteiger partial charge in [-0.25, -0.2) is 19.2 Å². The Bertz CT molecular complexity index is 459. The molecule has 0 saturated carbocycles. The lowest BCUT2D eigenvalue weighted by Gasteiger charge is -2.14. The number of nitrogens with one attached hydrogen (secondary N) is 1. The first-order valence-corrected chi connectivity index (χ1v) is 5.69. The van der Waals surface area contributed by atoms with Crippen molar-refractivity contribution in [3.05, 3.63) is 35.6 Å². The van der Waals surface area contributed by atoms with E-state index in [1.807, 2.05) is 0 Å². The second kappa shape index (κ2) is 5.59. The van der Waals surface area contributed by atoms with E-state index >= 15 is 0 Å². The number of nitrogens with zero attached hydrogens (tertiary/aromatic N) is 2. The third-order valence-electron chi connectivity index (χ3n) is 2.67. The second-order valence-electron chi connectivity index (χ2n) is 4.06. The summed E-state index contributed by atoms with van der Waals surface area (Å²) in [6.45, 7) is 1.04. The SMILES string of the molecule is O=C(O)C1=NCN(CCCc2ccc(F)cc2)N1. The van der Waals surface area contributed by atoms with E-state index in [2.05, 4.69) is 10.4 Å². The average Bonchev–Trinajstić information content (AvgIpc) is 2.81. The van der Waals surface area contributed by atoms with E-state index < -0.39 is 5.97 Å². The minimum Gasteiger partial charge on any atom is -0.475 e. The smallest absolute Gasteiger partial charge is 0.372 e. The molecule has 1 aromatic rings. The van der Waals surface area contributed by atoms with Crippen molar-refractivity contribution in [2.24, 2.45) is 4.99 Å². The Morgan fingerprint density at radius 3 is 2.78 bits per heavy atom. The van der Waals surface area contributed by atoms with Crippen LogP contribution in [0.3, 0.4) is 0 Å². The van der Waals surface area contributed by atoms with E-state index in [-0.39, 0.29) is 11.7 Å². The van der Waals surface area contributed by atoms with Crippen molar-refractivity contribution in [1.29, 1.82) is 0 Å². The second-order valence-corrected chi connectivity index (χ2v) is 4.06. The van der Waals surface area contributed by atoms with E-state index in [1.165, 1.54) is 12.1 Å². The van der Waals surface area contributed by atoms with E-state index in [0.29, 0.717) is 13.2 Å². The van der Waals surface area contributed by atoms with Gasteiger partial charge in [0, 0.05) is 6.54 Å². The molecule has 0 bridgehead atoms. The van der Waals surface area contributed by atoms with Crippen LogP contribution in [0.1, 0.15) is 12.0 Å². The van der Waals surface area contributed by atoms with Crippen LogP contribution in [-0.2, 0) is 11.2 Å². The summed E-state index contributed by atoms with van der Waals surface area (Å²) >= 11 is 0. The van der Waals surface area contributed by atoms with E-state index in [1.54, 1.807) is 17.1 Å². The number of aliphatic imine (C=N–C) groups is 1. The van der Waals surface area contributed by atoms with Crippen LogP contribution >= 0.6 is 0 Å². The topological polar surface area (TPSA) is 64.9 Å². The molecule has 96 valence electrons. The van der Waals surface area contributed by atoms with Gasteiger partial charge in [-0.3, -0.25) is 5.43 Å². The zero-order chi connectivity index (χ0) is 13.0. The Kier molecular flexibility index (Phi) is 3.88. The van der Waals surface area contributed by atoms with E-state index in [9.17, 15) is 9.18 Å². The summed E-state index contributed by atoms with van der Waals surface area (Å²) in [6.07, 6.45) is 1.67. The van der Waals surface area contributed by atoms with Crippen LogP contribution in [0.15, 0.2) is 29.3 Å². The fraction of sp³-hybridized carbons (Fsp3) is 0.333. The Labute approximate surface area is 104 Å². The summed E-state index contributed by atoms with van der Waals surface area (Å²) in [4.78, 5) is 14.5. The Balaban J connectivity index is 1.71. The molecule has 0 spiro atoms. The predicted octanol–water partition coefficient (Wildman–Crippen LogP) is 1.02. The molecule has 0 radical (unpaired) electrons. The van der Waals surface area contributed by atoms with E-state index in [0.717, 1.165) is 18.4 Å². The molecule has 2 rings (SSSR count). The number of hydrogen-bond donors (Lipinski definition) is 2. The zero-order valence-corrected chi connectivity index (χ0v) is 9.77. The number of carboxylic acids is 1. The van der Waals surface area contributed by atoms with Gasteiger partial charge in [-0.05, 0) is 30.5 Å². The van der Waals surface area contributed by atoms with Gasteiger partial charge < -0.3 is 5.11 Å². The molecular formula is C12H14FN3O2. The minimum atomic E-state index is -1.05. The third-order valence-corrected chi connectivity index (χ3v) is 2.67. The first-order chi connectivity index (χ1) is 8.65. The largest absolute Gasteiger partial charge is 0.475 e. The number of halogens is 1. The lowest BCUT2D eigenvalue weighted by Crippen LogP contribution is -2.39. The molecule has 1 aromatic carbocycles. The van der Waals surface area contributed by atoms with Gasteiger partial charge in [0.15, 0.2) is 0 Å². The van der Waals surface area contributed by atoms with Crippen LogP contribution < -0.4 is 5.43 Å². The molecule has 0 amide bonds. The third kappa shape index (κ3) is 3.27. The minimum absolute atomic E-state index is 0.0169. The van der Waals surface area contributed by atoms with Crippen molar-refractivity contribution in [3.63, 3.8) is 0 Å². The number of hydrazine groups is 1. The van der Waals surface area contributed by atoms with Gasteiger partial charge in [0.1, 0.15) is 12.5 Å². The summed E-state index contributed by atoms with van der Waals surface area (Å²) in [5, 5.41) is 10.4. The van der Waals surface area contributed by atoms with Crippen LogP contribution in [0.5, 0.6) is 0 Å². The number of aryl methyl sites for hydroxylation is 1. The standard InChI is InChI=1S/C12H14FN3O2/c13-10-5-3-9(4-6-10)2-1-7-16-8-14-11(15-16)12(17)18/h3-6H,1-2,7-8H2,(H,14,15)(H,17,18). The van der Waals surface area contributed by atoms with Gasteiger partial charge in [-0.15, -0.1) is 0 Å². The molecule has 5 nitrogen and oxygen atoms in total. The molecule has 1 heterocycles. The molecule has 1 aliphatic heterocycles. The summed E-state index contributed by atoms with van der Waals surface area (Å²) in [7, 11) is 0. The van der Waals surface area contributed by atoms with Gasteiger partial charge in [-0.2, -0.15) is 0 Å². The first kappa shape index (κ1) is 12.5. The molecule has 0 unspecified atom stereocenters. The van der Waals surface area contributed by atoms with Gasteiger partial charge in [-0.1, -0.05) is 12.1 Å². The molecule has 0 atom stereocenters. The number of aliphatic carboxylic acids is 1. The summed E-state index contributed by atoms with van der Waals surface area (Å²) in [6, 6.07) is 6.39. The fourth-order valence-corrected chi connectivity index (χ4v) is 1.74. The van der Waals surface area contributed by atoms with Crippen molar-refractivity contribution < 1.29 is 14.3 Å². The highest BCUT2D eigenvalue weighted by Gasteiger charge is 2.19. The van der Waals surface area contributed by atoms with Crippen LogP contribution in [-0.4, -0.2) is 35.1 Å². The van der Waals surface area contributed by atoms with Gasteiger partial charge in [0.25, 0.3) is 0 Å². The molecule has 0 saturated heterocycles. The molecule has 0 aliphatic carbocycles.